The molecule has 1 aromatic carbocycles. The van der Waals surface area contributed by atoms with Gasteiger partial charge in [0.15, 0.2) is 17.3 Å². The number of aromatic nitrogens is 1. The van der Waals surface area contributed by atoms with E-state index in [9.17, 15) is 15.0 Å². The molecule has 0 fully saturated rings. The average molecular weight is 243 g/mol. The number of H-pyrrole nitrogens is 1. The van der Waals surface area contributed by atoms with Crippen LogP contribution >= 0.6 is 0 Å². The van der Waals surface area contributed by atoms with Crippen LogP contribution in [0.25, 0.3) is 6.08 Å². The number of ketones is 1. The van der Waals surface area contributed by atoms with Crippen molar-refractivity contribution in [3.8, 4) is 17.2 Å². The average Bonchev–Trinajstić information content (AvgIpc) is 2.95. The van der Waals surface area contributed by atoms with Crippen LogP contribution in [0.1, 0.15) is 16.1 Å². The number of Topliss-reactive ketones (excluding diaryl/α,β-unsaturated/α-hetero) is 1. The minimum atomic E-state index is -0.421. The van der Waals surface area contributed by atoms with Crippen molar-refractivity contribution in [1.29, 1.82) is 0 Å². The Balaban J connectivity index is 2.07. The summed E-state index contributed by atoms with van der Waals surface area (Å²) in [4.78, 5) is 14.9. The molecule has 0 radical (unpaired) electrons. The zero-order valence-electron chi connectivity index (χ0n) is 9.18. The van der Waals surface area contributed by atoms with Crippen LogP contribution in [0.4, 0.5) is 0 Å². The van der Waals surface area contributed by atoms with E-state index in [2.05, 4.69) is 4.98 Å². The number of carbonyl (C=O) groups excluding carboxylic acids is 1. The number of rotatable bonds is 1. The Bertz CT molecular complexity index is 656. The number of hydrogen-bond donors (Lipinski definition) is 3. The number of carbonyl (C=O) groups is 1. The number of phenolic OH excluding ortho intramolecular Hbond substituents is 2. The zero-order valence-corrected chi connectivity index (χ0v) is 9.18. The molecule has 3 rings (SSSR count). The first-order chi connectivity index (χ1) is 8.66. The minimum absolute atomic E-state index is 0.00203. The first-order valence-electron chi connectivity index (χ1n) is 5.29. The highest BCUT2D eigenvalue weighted by Crippen LogP contribution is 2.44. The third-order valence-electron chi connectivity index (χ3n) is 2.70. The van der Waals surface area contributed by atoms with Gasteiger partial charge in [-0.15, -0.1) is 0 Å². The van der Waals surface area contributed by atoms with E-state index in [4.69, 9.17) is 4.74 Å². The number of allylic oxidation sites excluding steroid dienone is 1. The van der Waals surface area contributed by atoms with Crippen LogP contribution in [0.15, 0.2) is 36.2 Å². The van der Waals surface area contributed by atoms with Gasteiger partial charge in [-0.3, -0.25) is 4.79 Å². The normalized spacial score (nSPS) is 15.8. The molecule has 18 heavy (non-hydrogen) atoms. The summed E-state index contributed by atoms with van der Waals surface area (Å²) < 4.78 is 5.29. The molecule has 5 heteroatoms. The molecule has 1 aliphatic rings. The maximum absolute atomic E-state index is 12.0. The Kier molecular flexibility index (Phi) is 2.13. The van der Waals surface area contributed by atoms with Gasteiger partial charge >= 0.3 is 0 Å². The van der Waals surface area contributed by atoms with E-state index in [0.29, 0.717) is 0 Å². The Hall–Kier alpha value is -2.69. The van der Waals surface area contributed by atoms with Crippen LogP contribution in [0.5, 0.6) is 17.2 Å². The van der Waals surface area contributed by atoms with E-state index in [1.807, 2.05) is 0 Å². The predicted octanol–water partition coefficient (Wildman–Crippen LogP) is 2.04. The summed E-state index contributed by atoms with van der Waals surface area (Å²) in [7, 11) is 0. The first kappa shape index (κ1) is 10.5. The molecule has 90 valence electrons. The van der Waals surface area contributed by atoms with Gasteiger partial charge in [-0.25, -0.2) is 0 Å². The van der Waals surface area contributed by atoms with Crippen molar-refractivity contribution in [2.45, 2.75) is 0 Å². The molecule has 0 aliphatic carbocycles. The van der Waals surface area contributed by atoms with Crippen molar-refractivity contribution in [1.82, 2.24) is 4.98 Å². The third-order valence-corrected chi connectivity index (χ3v) is 2.70. The Morgan fingerprint density at radius 2 is 2.06 bits per heavy atom. The number of aromatic amines is 1. The van der Waals surface area contributed by atoms with Gasteiger partial charge < -0.3 is 19.9 Å². The largest absolute Gasteiger partial charge is 0.504 e. The monoisotopic (exact) mass is 243 g/mol. The molecule has 2 heterocycles. The van der Waals surface area contributed by atoms with Crippen LogP contribution in [0.2, 0.25) is 0 Å². The molecule has 0 spiro atoms. The fourth-order valence-electron chi connectivity index (χ4n) is 1.80. The highest BCUT2D eigenvalue weighted by Gasteiger charge is 2.31. The topological polar surface area (TPSA) is 82.6 Å². The van der Waals surface area contributed by atoms with Crippen LogP contribution in [-0.4, -0.2) is 21.0 Å². The maximum atomic E-state index is 12.0. The molecule has 0 atom stereocenters. The van der Waals surface area contributed by atoms with Crippen molar-refractivity contribution in [2.75, 3.05) is 0 Å². The molecule has 0 amide bonds. The second-order valence-electron chi connectivity index (χ2n) is 3.88. The molecular weight excluding hydrogens is 234 g/mol. The molecule has 0 bridgehead atoms. The third kappa shape index (κ3) is 1.45. The van der Waals surface area contributed by atoms with Crippen LogP contribution in [-0.2, 0) is 0 Å². The molecule has 3 N–H and O–H groups in total. The summed E-state index contributed by atoms with van der Waals surface area (Å²) in [5.74, 6) is -0.959. The number of fused-ring (bicyclic) bond motifs is 1. The lowest BCUT2D eigenvalue weighted by molar-refractivity contribution is 0.101. The SMILES string of the molecule is O=C1/C(=C/c2ccc[nH]2)Oc2c1ccc(O)c2O. The lowest BCUT2D eigenvalue weighted by Crippen LogP contribution is -1.97. The fourth-order valence-corrected chi connectivity index (χ4v) is 1.80. The quantitative estimate of drug-likeness (QED) is 0.528. The maximum Gasteiger partial charge on any atom is 0.232 e. The van der Waals surface area contributed by atoms with Gasteiger partial charge in [0.05, 0.1) is 5.56 Å². The van der Waals surface area contributed by atoms with Crippen molar-refractivity contribution in [3.63, 3.8) is 0 Å². The Morgan fingerprint density at radius 1 is 1.22 bits per heavy atom. The summed E-state index contributed by atoms with van der Waals surface area (Å²) in [5, 5.41) is 19.0. The van der Waals surface area contributed by atoms with Gasteiger partial charge in [0.25, 0.3) is 0 Å². The van der Waals surface area contributed by atoms with Gasteiger partial charge in [0.1, 0.15) is 0 Å². The Labute approximate surface area is 102 Å². The van der Waals surface area contributed by atoms with E-state index in [-0.39, 0.29) is 28.6 Å². The van der Waals surface area contributed by atoms with Crippen molar-refractivity contribution in [3.05, 3.63) is 47.5 Å². The molecule has 1 aromatic heterocycles. The highest BCUT2D eigenvalue weighted by atomic mass is 16.5. The van der Waals surface area contributed by atoms with Gasteiger partial charge in [-0.05, 0) is 24.3 Å². The van der Waals surface area contributed by atoms with E-state index in [0.717, 1.165) is 5.69 Å². The second kappa shape index (κ2) is 3.66. The molecule has 0 unspecified atom stereocenters. The number of benzene rings is 1. The molecule has 1 aliphatic heterocycles. The van der Waals surface area contributed by atoms with Gasteiger partial charge in [-0.1, -0.05) is 0 Å². The predicted molar refractivity (Wildman–Crippen MR) is 63.5 cm³/mol. The van der Waals surface area contributed by atoms with Crippen LogP contribution in [0, 0.1) is 0 Å². The number of ether oxygens (including phenoxy) is 1. The first-order valence-corrected chi connectivity index (χ1v) is 5.29. The van der Waals surface area contributed by atoms with Crippen molar-refractivity contribution < 1.29 is 19.7 Å². The fraction of sp³-hybridized carbons (Fsp3) is 0. The standard InChI is InChI=1S/C13H9NO4/c15-9-4-3-8-11(16)10(18-13(8)12(9)17)6-7-2-1-5-14-7/h1-6,14-15,17H/b10-6-. The van der Waals surface area contributed by atoms with Crippen LogP contribution in [0.3, 0.4) is 0 Å². The van der Waals surface area contributed by atoms with Gasteiger partial charge in [-0.2, -0.15) is 0 Å². The molecule has 2 aromatic rings. The van der Waals surface area contributed by atoms with E-state index in [1.54, 1.807) is 24.4 Å². The molecule has 0 saturated carbocycles. The smallest absolute Gasteiger partial charge is 0.232 e. The van der Waals surface area contributed by atoms with E-state index < -0.39 is 5.75 Å². The minimum Gasteiger partial charge on any atom is -0.504 e. The summed E-state index contributed by atoms with van der Waals surface area (Å²) in [6.45, 7) is 0. The summed E-state index contributed by atoms with van der Waals surface area (Å²) in [6, 6.07) is 6.25. The van der Waals surface area contributed by atoms with Gasteiger partial charge in [0.2, 0.25) is 11.5 Å². The molecule has 0 saturated heterocycles. The lowest BCUT2D eigenvalue weighted by atomic mass is 10.1. The van der Waals surface area contributed by atoms with E-state index >= 15 is 0 Å². The lowest BCUT2D eigenvalue weighted by Gasteiger charge is -2.02. The number of aromatic hydroxyl groups is 2. The van der Waals surface area contributed by atoms with E-state index in [1.165, 1.54) is 12.1 Å². The molecule has 5 nitrogen and oxygen atoms in total. The van der Waals surface area contributed by atoms with Crippen LogP contribution < -0.4 is 4.74 Å². The second-order valence-corrected chi connectivity index (χ2v) is 3.88. The Morgan fingerprint density at radius 3 is 2.78 bits per heavy atom. The van der Waals surface area contributed by atoms with Crippen molar-refractivity contribution >= 4 is 11.9 Å². The number of nitrogens with one attached hydrogen (secondary N) is 1. The summed E-state index contributed by atoms with van der Waals surface area (Å²) in [5.41, 5.74) is 0.956. The zero-order chi connectivity index (χ0) is 12.7. The number of phenols is 2. The highest BCUT2D eigenvalue weighted by molar-refractivity contribution is 6.15. The van der Waals surface area contributed by atoms with Gasteiger partial charge in [0, 0.05) is 18.0 Å². The number of hydrogen-bond acceptors (Lipinski definition) is 4. The summed E-state index contributed by atoms with van der Waals surface area (Å²) in [6.07, 6.45) is 3.26. The van der Waals surface area contributed by atoms with Crippen molar-refractivity contribution in [2.24, 2.45) is 0 Å². The summed E-state index contributed by atoms with van der Waals surface area (Å²) >= 11 is 0. The molecular formula is C13H9NO4.